The maximum absolute atomic E-state index is 11.8. The van der Waals surface area contributed by atoms with Gasteiger partial charge in [-0.1, -0.05) is 12.1 Å². The van der Waals surface area contributed by atoms with Crippen LogP contribution in [0.4, 0.5) is 17.2 Å². The fraction of sp³-hybridized carbons (Fsp3) is 0.240. The van der Waals surface area contributed by atoms with Gasteiger partial charge in [0.05, 0.1) is 11.8 Å². The summed E-state index contributed by atoms with van der Waals surface area (Å²) in [7, 11) is 0. The summed E-state index contributed by atoms with van der Waals surface area (Å²) >= 11 is 0. The van der Waals surface area contributed by atoms with E-state index in [-0.39, 0.29) is 11.9 Å². The van der Waals surface area contributed by atoms with Crippen LogP contribution in [0.1, 0.15) is 17.5 Å². The van der Waals surface area contributed by atoms with Crippen molar-refractivity contribution in [1.29, 1.82) is 0 Å². The molecule has 6 rings (SSSR count). The molecule has 2 aromatic carbocycles. The molecule has 32 heavy (non-hydrogen) atoms. The Morgan fingerprint density at radius 2 is 1.91 bits per heavy atom. The second kappa shape index (κ2) is 7.46. The number of fused-ring (bicyclic) bond motifs is 2. The number of Topliss-reactive ketones (excluding diaryl/α,β-unsaturated/α-hetero) is 1. The van der Waals surface area contributed by atoms with E-state index in [9.17, 15) is 9.90 Å². The number of nitrogens with one attached hydrogen (secondary N) is 1. The molecule has 2 aliphatic rings. The van der Waals surface area contributed by atoms with Crippen LogP contribution in [-0.2, 0) is 17.6 Å². The second-order valence-electron chi connectivity index (χ2n) is 8.57. The molecule has 0 unspecified atom stereocenters. The van der Waals surface area contributed by atoms with E-state index >= 15 is 0 Å². The predicted molar refractivity (Wildman–Crippen MR) is 123 cm³/mol. The lowest BCUT2D eigenvalue weighted by Gasteiger charge is -2.18. The number of carbonyl (C=O) groups excluding carboxylic acids is 1. The lowest BCUT2D eigenvalue weighted by molar-refractivity contribution is -0.117. The number of anilines is 3. The highest BCUT2D eigenvalue weighted by Crippen LogP contribution is 2.29. The number of β-amino-alcohol motifs (C(OH)–C–C–N with tert-alkyl or cyclic N) is 1. The van der Waals surface area contributed by atoms with Gasteiger partial charge in [-0.3, -0.25) is 4.79 Å². The Morgan fingerprint density at radius 1 is 1.06 bits per heavy atom. The standard InChI is InChI=1S/C25H23N5O2/c31-21-7-9-29(14-21)20-5-3-19(4-6-20)27-24-25-26-8-10-30(25)15-23(28-24)17-2-1-16-12-22(32)13-18(16)11-17/h1-6,8,10-11,15,21,31H,7,9,12-14H2,(H,27,28)/t21-/m1/s1. The summed E-state index contributed by atoms with van der Waals surface area (Å²) in [5.74, 6) is 0.942. The molecule has 2 aromatic heterocycles. The van der Waals surface area contributed by atoms with Gasteiger partial charge in [0.1, 0.15) is 5.78 Å². The molecule has 3 heterocycles. The fourth-order valence-corrected chi connectivity index (χ4v) is 4.63. The van der Waals surface area contributed by atoms with Crippen molar-refractivity contribution in [3.8, 4) is 11.3 Å². The summed E-state index contributed by atoms with van der Waals surface area (Å²) in [5, 5.41) is 13.2. The van der Waals surface area contributed by atoms with E-state index in [0.29, 0.717) is 25.2 Å². The molecular formula is C25H23N5O2. The summed E-state index contributed by atoms with van der Waals surface area (Å²) in [5.41, 5.74) is 6.79. The smallest absolute Gasteiger partial charge is 0.180 e. The van der Waals surface area contributed by atoms with Gasteiger partial charge in [-0.15, -0.1) is 0 Å². The Bertz CT molecular complexity index is 1330. The molecule has 160 valence electrons. The monoisotopic (exact) mass is 425 g/mol. The van der Waals surface area contributed by atoms with Crippen LogP contribution in [0, 0.1) is 0 Å². The third kappa shape index (κ3) is 3.40. The van der Waals surface area contributed by atoms with Crippen LogP contribution in [0.3, 0.4) is 0 Å². The first kappa shape index (κ1) is 19.0. The van der Waals surface area contributed by atoms with Crippen LogP contribution in [0.5, 0.6) is 0 Å². The van der Waals surface area contributed by atoms with Gasteiger partial charge in [0.2, 0.25) is 0 Å². The minimum atomic E-state index is -0.245. The van der Waals surface area contributed by atoms with Gasteiger partial charge in [0.15, 0.2) is 11.5 Å². The minimum Gasteiger partial charge on any atom is -0.391 e. The highest BCUT2D eigenvalue weighted by molar-refractivity contribution is 5.88. The molecule has 0 radical (unpaired) electrons. The van der Waals surface area contributed by atoms with Gasteiger partial charge < -0.3 is 19.7 Å². The Hall–Kier alpha value is -3.71. The van der Waals surface area contributed by atoms with E-state index in [1.54, 1.807) is 6.20 Å². The van der Waals surface area contributed by atoms with Crippen molar-refractivity contribution in [3.63, 3.8) is 0 Å². The number of hydrogen-bond donors (Lipinski definition) is 2. The molecule has 0 spiro atoms. The van der Waals surface area contributed by atoms with Gasteiger partial charge in [-0.2, -0.15) is 0 Å². The van der Waals surface area contributed by atoms with Gasteiger partial charge in [-0.05, 0) is 47.9 Å². The van der Waals surface area contributed by atoms with Gasteiger partial charge in [0, 0.05) is 61.5 Å². The summed E-state index contributed by atoms with van der Waals surface area (Å²) in [6.07, 6.45) is 7.23. The molecule has 1 atom stereocenters. The zero-order chi connectivity index (χ0) is 21.7. The predicted octanol–water partition coefficient (Wildman–Crippen LogP) is 3.38. The Labute approximate surface area is 185 Å². The number of imidazole rings is 1. The van der Waals surface area contributed by atoms with Crippen molar-refractivity contribution >= 4 is 28.6 Å². The van der Waals surface area contributed by atoms with E-state index in [0.717, 1.165) is 52.4 Å². The topological polar surface area (TPSA) is 82.8 Å². The number of aromatic nitrogens is 3. The molecule has 1 fully saturated rings. The van der Waals surface area contributed by atoms with E-state index in [1.165, 1.54) is 0 Å². The first-order valence-electron chi connectivity index (χ1n) is 10.9. The SMILES string of the molecule is O=C1Cc2ccc(-c3cn4ccnc4c(Nc4ccc(N5CC[C@@H](O)C5)cc4)n3)cc2C1. The lowest BCUT2D eigenvalue weighted by Crippen LogP contribution is -2.20. The van der Waals surface area contributed by atoms with Crippen LogP contribution < -0.4 is 10.2 Å². The van der Waals surface area contributed by atoms with Crippen molar-refractivity contribution in [2.45, 2.75) is 25.4 Å². The fourth-order valence-electron chi connectivity index (χ4n) is 4.63. The average Bonchev–Trinajstić information content (AvgIpc) is 3.52. The zero-order valence-electron chi connectivity index (χ0n) is 17.5. The van der Waals surface area contributed by atoms with Crippen LogP contribution in [0.25, 0.3) is 16.9 Å². The number of hydrogen-bond acceptors (Lipinski definition) is 6. The Kier molecular flexibility index (Phi) is 4.43. The van der Waals surface area contributed by atoms with E-state index < -0.39 is 0 Å². The van der Waals surface area contributed by atoms with E-state index in [4.69, 9.17) is 4.98 Å². The molecule has 7 heteroatoms. The number of benzene rings is 2. The summed E-state index contributed by atoms with van der Waals surface area (Å²) in [4.78, 5) is 23.3. The number of nitrogens with zero attached hydrogens (tertiary/aromatic N) is 4. The average molecular weight is 425 g/mol. The van der Waals surface area contributed by atoms with Crippen LogP contribution >= 0.6 is 0 Å². The number of carbonyl (C=O) groups is 1. The quantitative estimate of drug-likeness (QED) is 0.522. The molecule has 4 aromatic rings. The van der Waals surface area contributed by atoms with Crippen LogP contribution in [0.2, 0.25) is 0 Å². The summed E-state index contributed by atoms with van der Waals surface area (Å²) in [6, 6.07) is 14.3. The van der Waals surface area contributed by atoms with Crippen molar-refractivity contribution in [1.82, 2.24) is 14.4 Å². The van der Waals surface area contributed by atoms with E-state index in [2.05, 4.69) is 33.4 Å². The van der Waals surface area contributed by atoms with Gasteiger partial charge >= 0.3 is 0 Å². The van der Waals surface area contributed by atoms with E-state index in [1.807, 2.05) is 41.1 Å². The minimum absolute atomic E-state index is 0.245. The highest BCUT2D eigenvalue weighted by Gasteiger charge is 2.21. The lowest BCUT2D eigenvalue weighted by atomic mass is 10.0. The number of rotatable bonds is 4. The maximum Gasteiger partial charge on any atom is 0.180 e. The molecule has 1 aliphatic carbocycles. The molecule has 2 N–H and O–H groups in total. The van der Waals surface area contributed by atoms with Gasteiger partial charge in [-0.25, -0.2) is 9.97 Å². The largest absolute Gasteiger partial charge is 0.391 e. The normalized spacial score (nSPS) is 17.8. The van der Waals surface area contributed by atoms with Gasteiger partial charge in [0.25, 0.3) is 0 Å². The maximum atomic E-state index is 11.8. The van der Waals surface area contributed by atoms with Crippen LogP contribution in [0.15, 0.2) is 61.1 Å². The molecule has 0 amide bonds. The third-order valence-electron chi connectivity index (χ3n) is 6.31. The molecule has 1 saturated heterocycles. The number of aliphatic hydroxyl groups excluding tert-OH is 1. The van der Waals surface area contributed by atoms with Crippen molar-refractivity contribution in [2.24, 2.45) is 0 Å². The molecule has 1 aliphatic heterocycles. The third-order valence-corrected chi connectivity index (χ3v) is 6.31. The second-order valence-corrected chi connectivity index (χ2v) is 8.57. The summed E-state index contributed by atoms with van der Waals surface area (Å²) < 4.78 is 1.96. The Morgan fingerprint density at radius 3 is 2.72 bits per heavy atom. The zero-order valence-corrected chi connectivity index (χ0v) is 17.5. The Balaban J connectivity index is 1.32. The van der Waals surface area contributed by atoms with Crippen molar-refractivity contribution in [2.75, 3.05) is 23.3 Å². The van der Waals surface area contributed by atoms with Crippen molar-refractivity contribution in [3.05, 3.63) is 72.2 Å². The van der Waals surface area contributed by atoms with Crippen LogP contribution in [-0.4, -0.2) is 44.5 Å². The number of aliphatic hydroxyl groups is 1. The molecule has 7 nitrogen and oxygen atoms in total. The molecular weight excluding hydrogens is 402 g/mol. The molecule has 0 bridgehead atoms. The number of ketones is 1. The van der Waals surface area contributed by atoms with Crippen molar-refractivity contribution < 1.29 is 9.90 Å². The summed E-state index contributed by atoms with van der Waals surface area (Å²) in [6.45, 7) is 1.55. The molecule has 0 saturated carbocycles. The highest BCUT2D eigenvalue weighted by atomic mass is 16.3. The first-order chi connectivity index (χ1) is 15.6. The first-order valence-corrected chi connectivity index (χ1v) is 10.9.